The summed E-state index contributed by atoms with van der Waals surface area (Å²) in [5.74, 6) is 0.299. The van der Waals surface area contributed by atoms with Crippen LogP contribution in [0.15, 0.2) is 30.4 Å². The van der Waals surface area contributed by atoms with Gasteiger partial charge in [-0.25, -0.2) is 0 Å². The zero-order valence-electron chi connectivity index (χ0n) is 12.7. The van der Waals surface area contributed by atoms with E-state index in [1.165, 1.54) is 18.4 Å². The van der Waals surface area contributed by atoms with Gasteiger partial charge in [-0.15, -0.1) is 0 Å². The normalized spacial score (nSPS) is 25.8. The minimum absolute atomic E-state index is 0.0356. The highest BCUT2D eigenvalue weighted by molar-refractivity contribution is 6.35. The van der Waals surface area contributed by atoms with Gasteiger partial charge in [-0.3, -0.25) is 4.79 Å². The molecule has 2 aliphatic rings. The summed E-state index contributed by atoms with van der Waals surface area (Å²) in [6.07, 6.45) is 6.13. The first kappa shape index (κ1) is 15.9. The fraction of sp³-hybridized carbons (Fsp3) is 0.500. The molecule has 1 saturated heterocycles. The molecule has 0 N–H and O–H groups in total. The largest absolute Gasteiger partial charge is 0.336 e. The molecule has 1 amide bonds. The van der Waals surface area contributed by atoms with Crippen LogP contribution >= 0.6 is 23.2 Å². The average molecular weight is 338 g/mol. The number of hydrogen-bond donors (Lipinski definition) is 0. The lowest BCUT2D eigenvalue weighted by molar-refractivity contribution is -0.132. The van der Waals surface area contributed by atoms with E-state index in [9.17, 15) is 4.79 Å². The second-order valence-corrected chi connectivity index (χ2v) is 7.22. The Hall–Kier alpha value is -0.990. The third kappa shape index (κ3) is 3.18. The Balaban J connectivity index is 1.69. The van der Waals surface area contributed by atoms with Crippen molar-refractivity contribution in [1.29, 1.82) is 0 Å². The van der Waals surface area contributed by atoms with Crippen LogP contribution in [0.3, 0.4) is 0 Å². The fourth-order valence-corrected chi connectivity index (χ4v) is 4.14. The van der Waals surface area contributed by atoms with Crippen LogP contribution in [0, 0.1) is 5.92 Å². The standard InChI is InChI=1S/C18H21Cl2NO/c1-12-4-2-3-5-17(12)21-9-8-14(18(21)22)10-13-6-7-15(19)11-16(13)20/h6-7,11,14,17H,1-5,8-10H2. The third-order valence-electron chi connectivity index (χ3n) is 4.91. The molecule has 1 aliphatic heterocycles. The summed E-state index contributed by atoms with van der Waals surface area (Å²) in [6.45, 7) is 5.02. The van der Waals surface area contributed by atoms with Gasteiger partial charge in [0.15, 0.2) is 0 Å². The minimum Gasteiger partial charge on any atom is -0.336 e. The maximum Gasteiger partial charge on any atom is 0.226 e. The molecule has 0 aromatic heterocycles. The highest BCUT2D eigenvalue weighted by Gasteiger charge is 2.37. The Morgan fingerprint density at radius 3 is 2.77 bits per heavy atom. The fourth-order valence-electron chi connectivity index (χ4n) is 3.65. The summed E-state index contributed by atoms with van der Waals surface area (Å²) in [5, 5.41) is 1.28. The molecule has 2 atom stereocenters. The van der Waals surface area contributed by atoms with Crippen molar-refractivity contribution < 1.29 is 4.79 Å². The molecule has 22 heavy (non-hydrogen) atoms. The van der Waals surface area contributed by atoms with E-state index < -0.39 is 0 Å². The molecule has 3 rings (SSSR count). The molecular weight excluding hydrogens is 317 g/mol. The van der Waals surface area contributed by atoms with Gasteiger partial charge in [-0.05, 0) is 49.8 Å². The lowest BCUT2D eigenvalue weighted by Gasteiger charge is -2.33. The van der Waals surface area contributed by atoms with Gasteiger partial charge in [-0.1, -0.05) is 47.8 Å². The van der Waals surface area contributed by atoms with Gasteiger partial charge in [0.05, 0.1) is 6.04 Å². The van der Waals surface area contributed by atoms with Gasteiger partial charge in [0.1, 0.15) is 0 Å². The molecule has 1 heterocycles. The van der Waals surface area contributed by atoms with E-state index in [2.05, 4.69) is 11.5 Å². The zero-order chi connectivity index (χ0) is 15.7. The number of nitrogens with zero attached hydrogens (tertiary/aromatic N) is 1. The van der Waals surface area contributed by atoms with Crippen LogP contribution in [0.25, 0.3) is 0 Å². The number of halogens is 2. The van der Waals surface area contributed by atoms with Crippen LogP contribution in [-0.2, 0) is 11.2 Å². The number of benzene rings is 1. The van der Waals surface area contributed by atoms with E-state index in [0.717, 1.165) is 31.4 Å². The highest BCUT2D eigenvalue weighted by atomic mass is 35.5. The van der Waals surface area contributed by atoms with Crippen molar-refractivity contribution in [3.05, 3.63) is 46.0 Å². The molecule has 0 radical (unpaired) electrons. The second kappa shape index (κ2) is 6.64. The second-order valence-electron chi connectivity index (χ2n) is 6.38. The first-order chi connectivity index (χ1) is 10.6. The summed E-state index contributed by atoms with van der Waals surface area (Å²) in [6, 6.07) is 5.77. The molecule has 2 unspecified atom stereocenters. The van der Waals surface area contributed by atoms with Crippen LogP contribution < -0.4 is 0 Å². The number of likely N-dealkylation sites (tertiary alicyclic amines) is 1. The van der Waals surface area contributed by atoms with Crippen molar-refractivity contribution in [2.24, 2.45) is 5.92 Å². The quantitative estimate of drug-likeness (QED) is 0.719. The highest BCUT2D eigenvalue weighted by Crippen LogP contribution is 2.33. The molecule has 0 spiro atoms. The van der Waals surface area contributed by atoms with Crippen molar-refractivity contribution in [2.75, 3.05) is 6.54 Å². The monoisotopic (exact) mass is 337 g/mol. The van der Waals surface area contributed by atoms with Crippen molar-refractivity contribution in [3.8, 4) is 0 Å². The smallest absolute Gasteiger partial charge is 0.226 e. The molecule has 4 heteroatoms. The summed E-state index contributed by atoms with van der Waals surface area (Å²) in [7, 11) is 0. The first-order valence-corrected chi connectivity index (χ1v) is 8.74. The van der Waals surface area contributed by atoms with Gasteiger partial charge in [-0.2, -0.15) is 0 Å². The molecule has 1 saturated carbocycles. The minimum atomic E-state index is 0.0356. The maximum atomic E-state index is 12.7. The number of carbonyl (C=O) groups is 1. The van der Waals surface area contributed by atoms with Crippen LogP contribution in [0.4, 0.5) is 0 Å². The van der Waals surface area contributed by atoms with Gasteiger partial charge in [0.2, 0.25) is 5.91 Å². The van der Waals surface area contributed by atoms with E-state index in [0.29, 0.717) is 16.5 Å². The van der Waals surface area contributed by atoms with Crippen LogP contribution in [0.5, 0.6) is 0 Å². The van der Waals surface area contributed by atoms with E-state index >= 15 is 0 Å². The van der Waals surface area contributed by atoms with Gasteiger partial charge in [0, 0.05) is 22.5 Å². The molecule has 0 bridgehead atoms. The van der Waals surface area contributed by atoms with Crippen molar-refractivity contribution in [1.82, 2.24) is 4.90 Å². The Kier molecular flexibility index (Phi) is 4.79. The van der Waals surface area contributed by atoms with E-state index in [1.54, 1.807) is 6.07 Å². The lowest BCUT2D eigenvalue weighted by Crippen LogP contribution is -2.40. The molecular formula is C18H21Cl2NO. The molecule has 1 aliphatic carbocycles. The Labute approximate surface area is 142 Å². The van der Waals surface area contributed by atoms with Gasteiger partial charge in [0.25, 0.3) is 0 Å². The molecule has 1 aromatic rings. The SMILES string of the molecule is C=C1CCCCC1N1CCC(Cc2ccc(Cl)cc2Cl)C1=O. The third-order valence-corrected chi connectivity index (χ3v) is 5.49. The lowest BCUT2D eigenvalue weighted by atomic mass is 9.90. The number of rotatable bonds is 3. The Morgan fingerprint density at radius 2 is 2.05 bits per heavy atom. The molecule has 118 valence electrons. The van der Waals surface area contributed by atoms with Gasteiger partial charge < -0.3 is 4.90 Å². The number of carbonyl (C=O) groups excluding carboxylic acids is 1. The van der Waals surface area contributed by atoms with Crippen molar-refractivity contribution in [3.63, 3.8) is 0 Å². The number of amides is 1. The van der Waals surface area contributed by atoms with Crippen LogP contribution in [-0.4, -0.2) is 23.4 Å². The molecule has 2 fully saturated rings. The topological polar surface area (TPSA) is 20.3 Å². The summed E-state index contributed by atoms with van der Waals surface area (Å²) >= 11 is 12.2. The Morgan fingerprint density at radius 1 is 1.23 bits per heavy atom. The summed E-state index contributed by atoms with van der Waals surface area (Å²) in [5.41, 5.74) is 2.23. The maximum absolute atomic E-state index is 12.7. The van der Waals surface area contributed by atoms with Crippen LogP contribution in [0.1, 0.15) is 37.7 Å². The first-order valence-electron chi connectivity index (χ1n) is 7.98. The predicted molar refractivity (Wildman–Crippen MR) is 91.4 cm³/mol. The number of hydrogen-bond acceptors (Lipinski definition) is 1. The van der Waals surface area contributed by atoms with E-state index in [4.69, 9.17) is 23.2 Å². The van der Waals surface area contributed by atoms with Gasteiger partial charge >= 0.3 is 0 Å². The predicted octanol–water partition coefficient (Wildman–Crippen LogP) is 4.88. The molecule has 2 nitrogen and oxygen atoms in total. The van der Waals surface area contributed by atoms with Crippen LogP contribution in [0.2, 0.25) is 10.0 Å². The summed E-state index contributed by atoms with van der Waals surface area (Å²) in [4.78, 5) is 14.8. The molecule has 1 aromatic carbocycles. The average Bonchev–Trinajstić information content (AvgIpc) is 2.84. The van der Waals surface area contributed by atoms with Crippen molar-refractivity contribution >= 4 is 29.1 Å². The zero-order valence-corrected chi connectivity index (χ0v) is 14.2. The van der Waals surface area contributed by atoms with E-state index in [1.807, 2.05) is 12.1 Å². The van der Waals surface area contributed by atoms with Crippen molar-refractivity contribution in [2.45, 2.75) is 44.6 Å². The Bertz CT molecular complexity index is 599. The summed E-state index contributed by atoms with van der Waals surface area (Å²) < 4.78 is 0. The van der Waals surface area contributed by atoms with E-state index in [-0.39, 0.29) is 17.9 Å².